The number of carbonyl (C=O) groups excluding carboxylic acids is 1. The highest BCUT2D eigenvalue weighted by atomic mass is 16.3. The van der Waals surface area contributed by atoms with Gasteiger partial charge in [0.05, 0.1) is 18.8 Å². The molecule has 2 atom stereocenters. The minimum absolute atomic E-state index is 0.0299. The number of rotatable bonds is 41. The molecule has 4 heteroatoms. The van der Waals surface area contributed by atoms with Gasteiger partial charge in [0.1, 0.15) is 0 Å². The first kappa shape index (κ1) is 47.4. The molecule has 0 radical (unpaired) electrons. The van der Waals surface area contributed by atoms with Gasteiger partial charge in [0, 0.05) is 6.42 Å². The molecule has 0 bridgehead atoms. The first-order valence-electron chi connectivity index (χ1n) is 22.2. The van der Waals surface area contributed by atoms with Gasteiger partial charge < -0.3 is 15.5 Å². The van der Waals surface area contributed by atoms with Gasteiger partial charge in [-0.1, -0.05) is 239 Å². The molecule has 3 N–H and O–H groups in total. The molecule has 48 heavy (non-hydrogen) atoms. The van der Waals surface area contributed by atoms with Crippen molar-refractivity contribution in [1.29, 1.82) is 0 Å². The lowest BCUT2D eigenvalue weighted by atomic mass is 10.0. The fourth-order valence-corrected chi connectivity index (χ4v) is 7.19. The zero-order valence-electron chi connectivity index (χ0n) is 33.0. The van der Waals surface area contributed by atoms with Crippen LogP contribution in [0.5, 0.6) is 0 Å². The van der Waals surface area contributed by atoms with E-state index in [0.29, 0.717) is 12.8 Å². The number of amides is 1. The number of aliphatic hydroxyl groups is 2. The van der Waals surface area contributed by atoms with E-state index in [1.807, 2.05) is 0 Å². The zero-order valence-corrected chi connectivity index (χ0v) is 33.0. The number of nitrogens with one attached hydrogen (secondary N) is 1. The van der Waals surface area contributed by atoms with E-state index in [9.17, 15) is 15.0 Å². The third-order valence-corrected chi connectivity index (χ3v) is 10.6. The van der Waals surface area contributed by atoms with Crippen molar-refractivity contribution < 1.29 is 15.0 Å². The Kier molecular flexibility index (Phi) is 40.3. The summed E-state index contributed by atoms with van der Waals surface area (Å²) in [6.45, 7) is 4.34. The van der Waals surface area contributed by atoms with Gasteiger partial charge in [-0.05, 0) is 12.8 Å². The molecule has 0 spiro atoms. The van der Waals surface area contributed by atoms with Crippen LogP contribution >= 0.6 is 0 Å². The standard InChI is InChI=1S/C44H89NO3/c1-3-5-7-9-11-12-13-14-15-16-17-18-19-20-21-22-23-24-25-26-27-28-29-30-31-32-34-36-38-40-44(48)45-42(41-46)43(47)39-37-35-33-10-8-6-4-2/h42-43,46-47H,3-41H2,1-2H3,(H,45,48). The largest absolute Gasteiger partial charge is 0.394 e. The molecule has 1 amide bonds. The van der Waals surface area contributed by atoms with Crippen LogP contribution in [0.3, 0.4) is 0 Å². The highest BCUT2D eigenvalue weighted by molar-refractivity contribution is 5.76. The second-order valence-corrected chi connectivity index (χ2v) is 15.5. The van der Waals surface area contributed by atoms with E-state index in [1.54, 1.807) is 0 Å². The van der Waals surface area contributed by atoms with Crippen molar-refractivity contribution in [2.24, 2.45) is 0 Å². The first-order chi connectivity index (χ1) is 23.7. The molecular weight excluding hydrogens is 590 g/mol. The topological polar surface area (TPSA) is 69.6 Å². The molecule has 0 heterocycles. The molecule has 0 aliphatic carbocycles. The van der Waals surface area contributed by atoms with E-state index >= 15 is 0 Å². The normalized spacial score (nSPS) is 12.8. The molecule has 0 aromatic heterocycles. The van der Waals surface area contributed by atoms with Crippen LogP contribution in [0.2, 0.25) is 0 Å². The lowest BCUT2D eigenvalue weighted by molar-refractivity contribution is -0.123. The molecule has 0 rings (SSSR count). The van der Waals surface area contributed by atoms with E-state index in [2.05, 4.69) is 19.2 Å². The Balaban J connectivity index is 3.32. The zero-order chi connectivity index (χ0) is 35.0. The van der Waals surface area contributed by atoms with Gasteiger partial charge in [0.15, 0.2) is 0 Å². The maximum Gasteiger partial charge on any atom is 0.220 e. The molecular formula is C44H89NO3. The van der Waals surface area contributed by atoms with E-state index in [4.69, 9.17) is 0 Å². The Morgan fingerprint density at radius 2 is 0.667 bits per heavy atom. The summed E-state index contributed by atoms with van der Waals surface area (Å²) in [4.78, 5) is 12.3. The van der Waals surface area contributed by atoms with Crippen LogP contribution in [0.1, 0.15) is 258 Å². The van der Waals surface area contributed by atoms with Gasteiger partial charge in [-0.2, -0.15) is 0 Å². The summed E-state index contributed by atoms with van der Waals surface area (Å²) in [5.41, 5.74) is 0. The lowest BCUT2D eigenvalue weighted by Crippen LogP contribution is -2.45. The van der Waals surface area contributed by atoms with Crippen molar-refractivity contribution in [3.8, 4) is 0 Å². The van der Waals surface area contributed by atoms with Gasteiger partial charge in [0.2, 0.25) is 5.91 Å². The van der Waals surface area contributed by atoms with E-state index in [-0.39, 0.29) is 12.5 Å². The fourth-order valence-electron chi connectivity index (χ4n) is 7.19. The number of hydrogen-bond acceptors (Lipinski definition) is 3. The second-order valence-electron chi connectivity index (χ2n) is 15.5. The van der Waals surface area contributed by atoms with Crippen molar-refractivity contribution >= 4 is 5.91 Å². The summed E-state index contributed by atoms with van der Waals surface area (Å²) in [5.74, 6) is -0.0299. The van der Waals surface area contributed by atoms with Crippen LogP contribution in [0.25, 0.3) is 0 Å². The van der Waals surface area contributed by atoms with Crippen LogP contribution in [-0.2, 0) is 4.79 Å². The fraction of sp³-hybridized carbons (Fsp3) is 0.977. The number of hydrogen-bond donors (Lipinski definition) is 3. The van der Waals surface area contributed by atoms with Gasteiger partial charge in [-0.25, -0.2) is 0 Å². The minimum Gasteiger partial charge on any atom is -0.394 e. The Morgan fingerprint density at radius 3 is 0.938 bits per heavy atom. The summed E-state index contributed by atoms with van der Waals surface area (Å²) >= 11 is 0. The van der Waals surface area contributed by atoms with Crippen LogP contribution in [0, 0.1) is 0 Å². The Labute approximate surface area is 302 Å². The van der Waals surface area contributed by atoms with E-state index < -0.39 is 12.1 Å². The van der Waals surface area contributed by atoms with E-state index in [0.717, 1.165) is 25.7 Å². The summed E-state index contributed by atoms with van der Waals surface area (Å²) in [6, 6.07) is -0.527. The quantitative estimate of drug-likeness (QED) is 0.0563. The van der Waals surface area contributed by atoms with Crippen LogP contribution in [0.4, 0.5) is 0 Å². The van der Waals surface area contributed by atoms with Gasteiger partial charge in [-0.15, -0.1) is 0 Å². The van der Waals surface area contributed by atoms with Crippen molar-refractivity contribution in [1.82, 2.24) is 5.32 Å². The van der Waals surface area contributed by atoms with E-state index in [1.165, 1.54) is 205 Å². The molecule has 2 unspecified atom stereocenters. The van der Waals surface area contributed by atoms with Gasteiger partial charge in [-0.3, -0.25) is 4.79 Å². The Hall–Kier alpha value is -0.610. The second kappa shape index (κ2) is 40.8. The number of unbranched alkanes of at least 4 members (excludes halogenated alkanes) is 34. The average Bonchev–Trinajstić information content (AvgIpc) is 3.09. The van der Waals surface area contributed by atoms with Crippen molar-refractivity contribution in [2.45, 2.75) is 270 Å². The minimum atomic E-state index is -0.650. The smallest absolute Gasteiger partial charge is 0.220 e. The lowest BCUT2D eigenvalue weighted by Gasteiger charge is -2.22. The third-order valence-electron chi connectivity index (χ3n) is 10.6. The number of carbonyl (C=O) groups is 1. The summed E-state index contributed by atoms with van der Waals surface area (Å²) in [5, 5.41) is 22.9. The number of aliphatic hydroxyl groups excluding tert-OH is 2. The van der Waals surface area contributed by atoms with Crippen molar-refractivity contribution in [3.05, 3.63) is 0 Å². The van der Waals surface area contributed by atoms with Crippen LogP contribution in [-0.4, -0.2) is 34.9 Å². The first-order valence-corrected chi connectivity index (χ1v) is 22.2. The highest BCUT2D eigenvalue weighted by Gasteiger charge is 2.20. The predicted molar refractivity (Wildman–Crippen MR) is 212 cm³/mol. The Bertz CT molecular complexity index is 612. The molecule has 288 valence electrons. The Morgan fingerprint density at radius 1 is 0.417 bits per heavy atom. The SMILES string of the molecule is CCCCCCCCCCCCCCCCCCCCCCCCCCCCCCCC(=O)NC(CO)C(O)CCCCCCCCC. The van der Waals surface area contributed by atoms with Crippen molar-refractivity contribution in [3.63, 3.8) is 0 Å². The van der Waals surface area contributed by atoms with Gasteiger partial charge in [0.25, 0.3) is 0 Å². The monoisotopic (exact) mass is 680 g/mol. The molecule has 0 saturated carbocycles. The maximum atomic E-state index is 12.3. The average molecular weight is 680 g/mol. The molecule has 4 nitrogen and oxygen atoms in total. The summed E-state index contributed by atoms with van der Waals surface area (Å²) in [6.07, 6.45) is 49.3. The molecule has 0 aromatic rings. The predicted octanol–water partition coefficient (Wildman–Crippen LogP) is 13.7. The highest BCUT2D eigenvalue weighted by Crippen LogP contribution is 2.17. The molecule has 0 fully saturated rings. The summed E-state index contributed by atoms with van der Waals surface area (Å²) in [7, 11) is 0. The summed E-state index contributed by atoms with van der Waals surface area (Å²) < 4.78 is 0. The molecule has 0 aliphatic rings. The van der Waals surface area contributed by atoms with Gasteiger partial charge >= 0.3 is 0 Å². The van der Waals surface area contributed by atoms with Crippen LogP contribution in [0.15, 0.2) is 0 Å². The molecule has 0 aliphatic heterocycles. The third kappa shape index (κ3) is 36.7. The van der Waals surface area contributed by atoms with Crippen molar-refractivity contribution in [2.75, 3.05) is 6.61 Å². The maximum absolute atomic E-state index is 12.3. The van der Waals surface area contributed by atoms with Crippen LogP contribution < -0.4 is 5.32 Å². The molecule has 0 aromatic carbocycles. The molecule has 0 saturated heterocycles.